The molecule has 0 aromatic rings. The van der Waals surface area contributed by atoms with Gasteiger partial charge >= 0.3 is 5.97 Å². The maximum atomic E-state index is 10.8. The molecule has 1 rings (SSSR count). The van der Waals surface area contributed by atoms with Crippen LogP contribution in [0.4, 0.5) is 0 Å². The lowest BCUT2D eigenvalue weighted by molar-refractivity contribution is -0.142. The van der Waals surface area contributed by atoms with Gasteiger partial charge in [0.1, 0.15) is 13.2 Å². The normalized spacial score (nSPS) is 20.8. The zero-order valence-electron chi connectivity index (χ0n) is 11.7. The molecule has 0 saturated carbocycles. The van der Waals surface area contributed by atoms with Gasteiger partial charge in [0.05, 0.1) is 11.5 Å². The Kier molecular flexibility index (Phi) is 3.84. The van der Waals surface area contributed by atoms with Gasteiger partial charge in [-0.25, -0.2) is 4.99 Å². The summed E-state index contributed by atoms with van der Waals surface area (Å²) >= 11 is 0. The number of esters is 1. The van der Waals surface area contributed by atoms with Crippen LogP contribution in [0.3, 0.4) is 0 Å². The molecule has 0 N–H and O–H groups in total. The van der Waals surface area contributed by atoms with E-state index >= 15 is 0 Å². The smallest absolute Gasteiger partial charge is 0.302 e. The highest BCUT2D eigenvalue weighted by Crippen LogP contribution is 2.31. The van der Waals surface area contributed by atoms with Crippen molar-refractivity contribution in [2.75, 3.05) is 13.2 Å². The third-order valence-corrected chi connectivity index (χ3v) is 2.87. The van der Waals surface area contributed by atoms with Crippen LogP contribution in [0.5, 0.6) is 0 Å². The third-order valence-electron chi connectivity index (χ3n) is 2.87. The molecule has 4 heteroatoms. The number of hydrogen-bond acceptors (Lipinski definition) is 4. The molecule has 0 unspecified atom stereocenters. The van der Waals surface area contributed by atoms with Crippen LogP contribution in [0, 0.1) is 10.8 Å². The number of hydrogen-bond donors (Lipinski definition) is 0. The summed E-state index contributed by atoms with van der Waals surface area (Å²) in [6, 6.07) is 0.175. The van der Waals surface area contributed by atoms with E-state index in [1.807, 2.05) is 13.8 Å². The second kappa shape index (κ2) is 4.67. The average Bonchev–Trinajstić information content (AvgIpc) is 2.63. The van der Waals surface area contributed by atoms with Crippen LogP contribution in [0.1, 0.15) is 41.5 Å². The third kappa shape index (κ3) is 3.72. The fourth-order valence-electron chi connectivity index (χ4n) is 1.53. The van der Waals surface area contributed by atoms with Crippen molar-refractivity contribution in [3.63, 3.8) is 0 Å². The van der Waals surface area contributed by atoms with E-state index in [4.69, 9.17) is 9.47 Å². The predicted octanol–water partition coefficient (Wildman–Crippen LogP) is 2.42. The van der Waals surface area contributed by atoms with Crippen molar-refractivity contribution >= 4 is 11.9 Å². The molecular weight excluding hydrogens is 218 g/mol. The molecule has 0 aliphatic carbocycles. The Hall–Kier alpha value is -1.06. The summed E-state index contributed by atoms with van der Waals surface area (Å²) in [5.74, 6) is 0.419. The van der Waals surface area contributed by atoms with Gasteiger partial charge in [-0.1, -0.05) is 20.8 Å². The number of aliphatic imine (C=N–C) groups is 1. The number of ether oxygens (including phenoxy) is 2. The minimum absolute atomic E-state index is 0.0965. The van der Waals surface area contributed by atoms with Crippen LogP contribution < -0.4 is 0 Å². The molecule has 0 spiro atoms. The van der Waals surface area contributed by atoms with Crippen molar-refractivity contribution in [1.29, 1.82) is 0 Å². The minimum atomic E-state index is -0.355. The van der Waals surface area contributed by atoms with Crippen LogP contribution in [0.15, 0.2) is 4.99 Å². The SMILES string of the molecule is CC(=O)OCC(C)(C)C1=N[C@@H](C(C)(C)C)CO1. The van der Waals surface area contributed by atoms with E-state index in [2.05, 4.69) is 25.8 Å². The predicted molar refractivity (Wildman–Crippen MR) is 67.0 cm³/mol. The lowest BCUT2D eigenvalue weighted by Gasteiger charge is -2.23. The van der Waals surface area contributed by atoms with Gasteiger partial charge in [0.25, 0.3) is 0 Å². The summed E-state index contributed by atoms with van der Waals surface area (Å²) in [7, 11) is 0. The van der Waals surface area contributed by atoms with E-state index in [9.17, 15) is 4.79 Å². The van der Waals surface area contributed by atoms with Crippen molar-refractivity contribution in [1.82, 2.24) is 0 Å². The lowest BCUT2D eigenvalue weighted by Crippen LogP contribution is -2.30. The lowest BCUT2D eigenvalue weighted by atomic mass is 9.88. The maximum Gasteiger partial charge on any atom is 0.302 e. The molecule has 17 heavy (non-hydrogen) atoms. The van der Waals surface area contributed by atoms with E-state index < -0.39 is 0 Å². The quantitative estimate of drug-likeness (QED) is 0.713. The van der Waals surface area contributed by atoms with Crippen LogP contribution >= 0.6 is 0 Å². The van der Waals surface area contributed by atoms with E-state index in [-0.39, 0.29) is 22.8 Å². The van der Waals surface area contributed by atoms with Gasteiger partial charge in [0, 0.05) is 6.92 Å². The summed E-state index contributed by atoms with van der Waals surface area (Å²) < 4.78 is 10.7. The standard InChI is InChI=1S/C13H23NO3/c1-9(15)17-8-13(5,6)11-14-10(7-16-11)12(2,3)4/h10H,7-8H2,1-6H3/t10-/m1/s1. The van der Waals surface area contributed by atoms with Crippen molar-refractivity contribution in [3.8, 4) is 0 Å². The first-order valence-corrected chi connectivity index (χ1v) is 5.97. The van der Waals surface area contributed by atoms with Crippen molar-refractivity contribution in [2.24, 2.45) is 15.8 Å². The van der Waals surface area contributed by atoms with Gasteiger partial charge in [-0.15, -0.1) is 0 Å². The maximum absolute atomic E-state index is 10.8. The van der Waals surface area contributed by atoms with Gasteiger partial charge < -0.3 is 9.47 Å². The van der Waals surface area contributed by atoms with Gasteiger partial charge in [-0.05, 0) is 19.3 Å². The fourth-order valence-corrected chi connectivity index (χ4v) is 1.53. The molecule has 1 aliphatic rings. The highest BCUT2D eigenvalue weighted by atomic mass is 16.5. The number of carbonyl (C=O) groups is 1. The molecule has 1 heterocycles. The van der Waals surface area contributed by atoms with Crippen molar-refractivity contribution in [3.05, 3.63) is 0 Å². The molecule has 0 radical (unpaired) electrons. The summed E-state index contributed by atoms with van der Waals surface area (Å²) in [4.78, 5) is 15.4. The Bertz CT molecular complexity index is 326. The Morgan fingerprint density at radius 1 is 1.41 bits per heavy atom. The fraction of sp³-hybridized carbons (Fsp3) is 0.846. The van der Waals surface area contributed by atoms with Crippen LogP contribution in [-0.4, -0.2) is 31.1 Å². The molecular formula is C13H23NO3. The molecule has 1 atom stereocenters. The first kappa shape index (κ1) is 14.0. The molecule has 0 aromatic carbocycles. The molecule has 98 valence electrons. The van der Waals surface area contributed by atoms with E-state index in [0.717, 1.165) is 0 Å². The van der Waals surface area contributed by atoms with Crippen LogP contribution in [0.2, 0.25) is 0 Å². The molecule has 0 bridgehead atoms. The zero-order chi connectivity index (χ0) is 13.3. The number of rotatable bonds is 3. The first-order chi connectivity index (χ1) is 7.63. The minimum Gasteiger partial charge on any atom is -0.478 e. The average molecular weight is 241 g/mol. The monoisotopic (exact) mass is 241 g/mol. The number of carbonyl (C=O) groups excluding carboxylic acids is 1. The Morgan fingerprint density at radius 3 is 2.41 bits per heavy atom. The van der Waals surface area contributed by atoms with E-state index in [1.165, 1.54) is 6.92 Å². The molecule has 1 aliphatic heterocycles. The summed E-state index contributed by atoms with van der Waals surface area (Å²) in [5, 5.41) is 0. The highest BCUT2D eigenvalue weighted by molar-refractivity contribution is 5.83. The second-order valence-corrected chi connectivity index (χ2v) is 6.29. The van der Waals surface area contributed by atoms with Gasteiger partial charge in [-0.2, -0.15) is 0 Å². The summed E-state index contributed by atoms with van der Waals surface area (Å²) in [5.41, 5.74) is -0.259. The second-order valence-electron chi connectivity index (χ2n) is 6.29. The van der Waals surface area contributed by atoms with Crippen LogP contribution in [0.25, 0.3) is 0 Å². The van der Waals surface area contributed by atoms with Crippen molar-refractivity contribution in [2.45, 2.75) is 47.6 Å². The van der Waals surface area contributed by atoms with Gasteiger partial charge in [0.15, 0.2) is 5.90 Å². The highest BCUT2D eigenvalue weighted by Gasteiger charge is 2.37. The van der Waals surface area contributed by atoms with E-state index in [0.29, 0.717) is 19.1 Å². The van der Waals surface area contributed by atoms with E-state index in [1.54, 1.807) is 0 Å². The van der Waals surface area contributed by atoms with Gasteiger partial charge in [-0.3, -0.25) is 4.79 Å². The van der Waals surface area contributed by atoms with Gasteiger partial charge in [0.2, 0.25) is 0 Å². The van der Waals surface area contributed by atoms with Crippen LogP contribution in [-0.2, 0) is 14.3 Å². The molecule has 0 amide bonds. The Morgan fingerprint density at radius 2 is 2.00 bits per heavy atom. The summed E-state index contributed by atoms with van der Waals surface area (Å²) in [6.45, 7) is 12.7. The summed E-state index contributed by atoms with van der Waals surface area (Å²) in [6.07, 6.45) is 0. The Balaban J connectivity index is 2.70. The topological polar surface area (TPSA) is 47.9 Å². The zero-order valence-corrected chi connectivity index (χ0v) is 11.7. The molecule has 0 saturated heterocycles. The number of nitrogens with zero attached hydrogens (tertiary/aromatic N) is 1. The van der Waals surface area contributed by atoms with Crippen molar-refractivity contribution < 1.29 is 14.3 Å². The molecule has 4 nitrogen and oxygen atoms in total. The molecule has 0 fully saturated rings. The first-order valence-electron chi connectivity index (χ1n) is 5.97. The molecule has 0 aromatic heterocycles. The Labute approximate surface area is 103 Å². The largest absolute Gasteiger partial charge is 0.478 e.